The van der Waals surface area contributed by atoms with Crippen LogP contribution in [0.1, 0.15) is 55.9 Å². The number of carbonyl (C=O) groups is 1. The number of halogens is 6. The highest BCUT2D eigenvalue weighted by Gasteiger charge is 2.40. The molecule has 41 heavy (non-hydrogen) atoms. The smallest absolute Gasteiger partial charge is 0.404 e. The molecule has 0 saturated carbocycles. The maximum absolute atomic E-state index is 15.2. The fourth-order valence-corrected chi connectivity index (χ4v) is 5.70. The van der Waals surface area contributed by atoms with E-state index in [9.17, 15) is 40.3 Å². The lowest BCUT2D eigenvalue weighted by Gasteiger charge is -2.19. The number of aromatic carboxylic acids is 1. The number of hydrogen-bond acceptors (Lipinski definition) is 9. The summed E-state index contributed by atoms with van der Waals surface area (Å²) in [6.45, 7) is 6.25. The molecule has 0 aliphatic carbocycles. The van der Waals surface area contributed by atoms with Crippen LogP contribution in [0, 0.1) is 11.2 Å². The van der Waals surface area contributed by atoms with E-state index in [1.165, 1.54) is 10.8 Å². The molecule has 0 aliphatic rings. The first-order chi connectivity index (χ1) is 18.7. The Labute approximate surface area is 232 Å². The Bertz CT molecular complexity index is 1550. The number of thiazole rings is 1. The van der Waals surface area contributed by atoms with E-state index in [0.717, 1.165) is 0 Å². The van der Waals surface area contributed by atoms with Gasteiger partial charge in [-0.25, -0.2) is 31.4 Å². The molecule has 2 N–H and O–H groups in total. The molecule has 2 aromatic heterocycles. The molecule has 0 radical (unpaired) electrons. The molecule has 0 fully saturated rings. The predicted octanol–water partition coefficient (Wildman–Crippen LogP) is 5.47. The van der Waals surface area contributed by atoms with E-state index in [0.29, 0.717) is 42.6 Å². The molecule has 0 spiro atoms. The molecule has 0 unspecified atom stereocenters. The maximum atomic E-state index is 15.2. The summed E-state index contributed by atoms with van der Waals surface area (Å²) in [5.74, 6) is -3.24. The Hall–Kier alpha value is -3.60. The van der Waals surface area contributed by atoms with Gasteiger partial charge in [0.05, 0.1) is 10.4 Å². The number of nitrogens with zero attached hydrogens (tertiary/aromatic N) is 2. The van der Waals surface area contributed by atoms with Gasteiger partial charge in [-0.1, -0.05) is 32.0 Å². The van der Waals surface area contributed by atoms with Gasteiger partial charge in [0.25, 0.3) is 6.43 Å². The summed E-state index contributed by atoms with van der Waals surface area (Å²) in [6, 6.07) is 0.00592. The second kappa shape index (κ2) is 12.5. The first-order valence-electron chi connectivity index (χ1n) is 11.1. The van der Waals surface area contributed by atoms with Crippen LogP contribution in [0.15, 0.2) is 27.6 Å². The number of aromatic nitrogens is 2. The van der Waals surface area contributed by atoms with Gasteiger partial charge in [-0.15, -0.1) is 11.3 Å². The fourth-order valence-electron chi connectivity index (χ4n) is 3.33. The number of benzene rings is 1. The molecule has 2 heterocycles. The molecule has 10 nitrogen and oxygen atoms in total. The Balaban J connectivity index is 0.00000187. The molecule has 0 bridgehead atoms. The third kappa shape index (κ3) is 8.22. The molecular formula is C23H21F6N3O7S2. The molecule has 224 valence electrons. The van der Waals surface area contributed by atoms with Crippen molar-refractivity contribution >= 4 is 33.5 Å². The molecule has 18 heteroatoms. The molecular weight excluding hydrogens is 608 g/mol. The molecule has 1 aromatic carbocycles. The largest absolute Gasteiger partial charge is 0.476 e. The first-order valence-corrected chi connectivity index (χ1v) is 13.4. The van der Waals surface area contributed by atoms with E-state index in [2.05, 4.69) is 10.1 Å². The highest BCUT2D eigenvalue weighted by Crippen LogP contribution is 2.42. The third-order valence-corrected chi connectivity index (χ3v) is 7.70. The summed E-state index contributed by atoms with van der Waals surface area (Å²) in [5, 5.41) is 13.4. The van der Waals surface area contributed by atoms with E-state index in [1.807, 2.05) is 20.8 Å². The van der Waals surface area contributed by atoms with Crippen LogP contribution in [0.5, 0.6) is 0 Å². The summed E-state index contributed by atoms with van der Waals surface area (Å²) in [5.41, 5.74) is -3.05. The van der Waals surface area contributed by atoms with Crippen LogP contribution in [-0.4, -0.2) is 48.0 Å². The van der Waals surface area contributed by atoms with Gasteiger partial charge < -0.3 is 9.63 Å². The highest BCUT2D eigenvalue weighted by atomic mass is 32.2. The second-order valence-electron chi connectivity index (χ2n) is 9.53. The van der Waals surface area contributed by atoms with Crippen molar-refractivity contribution in [3.05, 3.63) is 41.0 Å². The van der Waals surface area contributed by atoms with Gasteiger partial charge in [-0.3, -0.25) is 0 Å². The fraction of sp³-hybridized carbons (Fsp3) is 0.391. The summed E-state index contributed by atoms with van der Waals surface area (Å²) in [7, 11) is -5.23. The van der Waals surface area contributed by atoms with E-state index in [4.69, 9.17) is 14.1 Å². The van der Waals surface area contributed by atoms with Crippen LogP contribution in [0.3, 0.4) is 0 Å². The van der Waals surface area contributed by atoms with Gasteiger partial charge in [0.15, 0.2) is 11.5 Å². The maximum Gasteiger partial charge on any atom is 0.404 e. The Morgan fingerprint density at radius 2 is 1.78 bits per heavy atom. The lowest BCUT2D eigenvalue weighted by molar-refractivity contribution is -0.191. The molecule has 3 aromatic rings. The van der Waals surface area contributed by atoms with Crippen LogP contribution < -0.4 is 4.72 Å². The first kappa shape index (κ1) is 33.6. The summed E-state index contributed by atoms with van der Waals surface area (Å²) >= 11 is 0.565. The third-order valence-electron chi connectivity index (χ3n) is 5.03. The van der Waals surface area contributed by atoms with Crippen molar-refractivity contribution in [1.82, 2.24) is 14.9 Å². The van der Waals surface area contributed by atoms with Crippen LogP contribution in [-0.2, 0) is 26.0 Å². The van der Waals surface area contributed by atoms with Gasteiger partial charge in [0.2, 0.25) is 10.0 Å². The lowest BCUT2D eigenvalue weighted by atomic mass is 9.91. The zero-order chi connectivity index (χ0) is 31.5. The van der Waals surface area contributed by atoms with Crippen LogP contribution >= 0.6 is 11.3 Å². The van der Waals surface area contributed by atoms with Crippen molar-refractivity contribution in [3.63, 3.8) is 0 Å². The minimum absolute atomic E-state index is 0.0562. The predicted molar refractivity (Wildman–Crippen MR) is 129 cm³/mol. The molecule has 0 saturated heterocycles. The topological polar surface area (TPSA) is 157 Å². The summed E-state index contributed by atoms with van der Waals surface area (Å²) in [4.78, 5) is 30.1. The standard InChI is InChI=1S/C22H21F6N3O5S2.CO2/c1-9(22(26,27)28)31-38(34,35)13-6-5-11(14(15(13)23)18(24)25)17-16(20(32)33)29-19(37-17)12-7-10(36-30-12)8-21(2,3)4;2-1-3/h5-7,9,18,31H,8H2,1-4H3,(H,32,33);/t9-;/m0./s1. The molecule has 0 aliphatic heterocycles. The van der Waals surface area contributed by atoms with Crippen LogP contribution in [0.2, 0.25) is 0 Å². The van der Waals surface area contributed by atoms with Crippen molar-refractivity contribution in [2.75, 3.05) is 0 Å². The van der Waals surface area contributed by atoms with E-state index in [-0.39, 0.29) is 22.3 Å². The van der Waals surface area contributed by atoms with Crippen molar-refractivity contribution in [2.24, 2.45) is 5.41 Å². The molecule has 0 amide bonds. The minimum Gasteiger partial charge on any atom is -0.476 e. The Morgan fingerprint density at radius 3 is 2.27 bits per heavy atom. The van der Waals surface area contributed by atoms with E-state index < -0.39 is 67.0 Å². The quantitative estimate of drug-likeness (QED) is 0.308. The van der Waals surface area contributed by atoms with Crippen LogP contribution in [0.4, 0.5) is 26.3 Å². The van der Waals surface area contributed by atoms with Crippen molar-refractivity contribution in [3.8, 4) is 21.1 Å². The Kier molecular flexibility index (Phi) is 10.2. The van der Waals surface area contributed by atoms with Gasteiger partial charge in [0.1, 0.15) is 27.4 Å². The monoisotopic (exact) mass is 629 g/mol. The molecule has 3 rings (SSSR count). The number of alkyl halides is 5. The lowest BCUT2D eigenvalue weighted by Crippen LogP contribution is -2.43. The highest BCUT2D eigenvalue weighted by molar-refractivity contribution is 7.89. The average Bonchev–Trinajstić information content (AvgIpc) is 3.44. The van der Waals surface area contributed by atoms with E-state index in [1.54, 1.807) is 0 Å². The number of carboxylic acids is 1. The SMILES string of the molecule is C[C@H](NS(=O)(=O)c1ccc(-c2sc(-c3cc(CC(C)(C)C)on3)nc2C(=O)O)c(C(F)F)c1F)C(F)(F)F.O=C=O. The van der Waals surface area contributed by atoms with Crippen molar-refractivity contribution in [2.45, 2.75) is 57.7 Å². The van der Waals surface area contributed by atoms with Crippen molar-refractivity contribution < 1.29 is 58.8 Å². The van der Waals surface area contributed by atoms with Gasteiger partial charge >= 0.3 is 18.3 Å². The second-order valence-corrected chi connectivity index (χ2v) is 12.2. The number of hydrogen-bond donors (Lipinski definition) is 2. The minimum atomic E-state index is -5.23. The number of nitrogens with one attached hydrogen (secondary N) is 1. The zero-order valence-electron chi connectivity index (χ0n) is 21.5. The van der Waals surface area contributed by atoms with Gasteiger partial charge in [-0.05, 0) is 18.4 Å². The summed E-state index contributed by atoms with van der Waals surface area (Å²) < 4.78 is 113. The zero-order valence-corrected chi connectivity index (χ0v) is 23.1. The van der Waals surface area contributed by atoms with Crippen LogP contribution in [0.25, 0.3) is 21.1 Å². The number of rotatable bonds is 8. The average molecular weight is 630 g/mol. The number of carboxylic acid groups (broad SMARTS) is 1. The summed E-state index contributed by atoms with van der Waals surface area (Å²) in [6.07, 6.45) is -7.99. The number of carbonyl (C=O) groups excluding carboxylic acids is 2. The van der Waals surface area contributed by atoms with Gasteiger partial charge in [-0.2, -0.15) is 27.5 Å². The number of sulfonamides is 1. The van der Waals surface area contributed by atoms with Crippen molar-refractivity contribution in [1.29, 1.82) is 0 Å². The van der Waals surface area contributed by atoms with Gasteiger partial charge in [0, 0.05) is 18.1 Å². The molecule has 1 atom stereocenters. The normalized spacial score (nSPS) is 13.0. The Morgan fingerprint density at radius 1 is 1.20 bits per heavy atom. The van der Waals surface area contributed by atoms with E-state index >= 15 is 4.39 Å².